The van der Waals surface area contributed by atoms with Gasteiger partial charge in [-0.05, 0) is 43.1 Å². The number of rotatable bonds is 2. The number of nitrogens with zero attached hydrogens (tertiary/aromatic N) is 1. The zero-order valence-corrected chi connectivity index (χ0v) is 9.39. The van der Waals surface area contributed by atoms with Crippen LogP contribution >= 0.6 is 0 Å². The molecule has 1 heterocycles. The number of aliphatic hydroxyl groups excluding tert-OH is 1. The molecular weight excluding hydrogens is 202 g/mol. The molecule has 0 spiro atoms. The van der Waals surface area contributed by atoms with Gasteiger partial charge in [-0.15, -0.1) is 0 Å². The van der Waals surface area contributed by atoms with Gasteiger partial charge in [0.2, 0.25) is 0 Å². The number of hydrogen-bond donors (Lipinski definition) is 3. The third-order valence-electron chi connectivity index (χ3n) is 3.04. The summed E-state index contributed by atoms with van der Waals surface area (Å²) in [6.45, 7) is 2.52. The largest absolute Gasteiger partial charge is 0.399 e. The summed E-state index contributed by atoms with van der Waals surface area (Å²) in [5.74, 6) is 0. The van der Waals surface area contributed by atoms with Crippen LogP contribution in [0.2, 0.25) is 0 Å². The van der Waals surface area contributed by atoms with E-state index in [-0.39, 0.29) is 6.10 Å². The van der Waals surface area contributed by atoms with Crippen molar-refractivity contribution in [1.82, 2.24) is 4.90 Å². The molecule has 1 unspecified atom stereocenters. The minimum Gasteiger partial charge on any atom is -0.399 e. The third kappa shape index (κ3) is 2.65. The smallest absolute Gasteiger partial charge is 0.0667 e. The standard InChI is InChI=1S/C12H19N3O/c13-10-3-4-12(14)9(6-10)7-15-5-1-2-11(16)8-15/h3-4,6,11,16H,1-2,5,7-8,13-14H2. The van der Waals surface area contributed by atoms with Crippen molar-refractivity contribution in [2.24, 2.45) is 0 Å². The number of aliphatic hydroxyl groups is 1. The van der Waals surface area contributed by atoms with E-state index >= 15 is 0 Å². The van der Waals surface area contributed by atoms with Crippen LogP contribution in [0.15, 0.2) is 18.2 Å². The van der Waals surface area contributed by atoms with Crippen LogP contribution in [0, 0.1) is 0 Å². The maximum absolute atomic E-state index is 9.58. The topological polar surface area (TPSA) is 75.5 Å². The first-order valence-electron chi connectivity index (χ1n) is 5.69. The van der Waals surface area contributed by atoms with Crippen molar-refractivity contribution in [3.05, 3.63) is 23.8 Å². The summed E-state index contributed by atoms with van der Waals surface area (Å²) in [5, 5.41) is 9.58. The van der Waals surface area contributed by atoms with E-state index in [2.05, 4.69) is 4.90 Å². The molecule has 4 heteroatoms. The molecule has 1 aliphatic heterocycles. The molecule has 0 aliphatic carbocycles. The number of anilines is 2. The van der Waals surface area contributed by atoms with E-state index in [1.165, 1.54) is 0 Å². The zero-order valence-electron chi connectivity index (χ0n) is 9.39. The lowest BCUT2D eigenvalue weighted by molar-refractivity contribution is 0.0669. The number of nitrogens with two attached hydrogens (primary N) is 2. The molecule has 1 aromatic rings. The fraction of sp³-hybridized carbons (Fsp3) is 0.500. The molecular formula is C12H19N3O. The number of likely N-dealkylation sites (tertiary alicyclic amines) is 1. The number of benzene rings is 1. The molecule has 1 aromatic carbocycles. The predicted molar refractivity (Wildman–Crippen MR) is 65.8 cm³/mol. The van der Waals surface area contributed by atoms with Crippen molar-refractivity contribution < 1.29 is 5.11 Å². The van der Waals surface area contributed by atoms with Crippen LogP contribution < -0.4 is 11.5 Å². The number of nitrogen functional groups attached to an aromatic ring is 2. The van der Waals surface area contributed by atoms with Gasteiger partial charge in [-0.1, -0.05) is 0 Å². The molecule has 2 rings (SSSR count). The molecule has 0 aromatic heterocycles. The lowest BCUT2D eigenvalue weighted by Gasteiger charge is -2.30. The van der Waals surface area contributed by atoms with Crippen LogP contribution in [0.25, 0.3) is 0 Å². The summed E-state index contributed by atoms with van der Waals surface area (Å²) in [5.41, 5.74) is 14.2. The normalized spacial score (nSPS) is 22.2. The first-order chi connectivity index (χ1) is 7.65. The summed E-state index contributed by atoms with van der Waals surface area (Å²) in [7, 11) is 0. The molecule has 0 saturated carbocycles. The maximum atomic E-state index is 9.58. The van der Waals surface area contributed by atoms with Gasteiger partial charge in [0.05, 0.1) is 6.10 Å². The Labute approximate surface area is 95.8 Å². The highest BCUT2D eigenvalue weighted by Gasteiger charge is 2.18. The Hall–Kier alpha value is -1.26. The Bertz CT molecular complexity index is 367. The second-order valence-electron chi connectivity index (χ2n) is 4.49. The monoisotopic (exact) mass is 221 g/mol. The Balaban J connectivity index is 2.05. The van der Waals surface area contributed by atoms with Crippen LogP contribution in [-0.4, -0.2) is 29.2 Å². The third-order valence-corrected chi connectivity index (χ3v) is 3.04. The fourth-order valence-electron chi connectivity index (χ4n) is 2.18. The molecule has 1 fully saturated rings. The molecule has 1 saturated heterocycles. The molecule has 16 heavy (non-hydrogen) atoms. The van der Waals surface area contributed by atoms with Crippen molar-refractivity contribution in [2.75, 3.05) is 24.6 Å². The van der Waals surface area contributed by atoms with Gasteiger partial charge in [0, 0.05) is 24.5 Å². The summed E-state index contributed by atoms with van der Waals surface area (Å²) in [4.78, 5) is 2.22. The van der Waals surface area contributed by atoms with Gasteiger partial charge >= 0.3 is 0 Å². The van der Waals surface area contributed by atoms with Crippen molar-refractivity contribution >= 4 is 11.4 Å². The Morgan fingerprint density at radius 2 is 2.19 bits per heavy atom. The van der Waals surface area contributed by atoms with Gasteiger partial charge in [0.25, 0.3) is 0 Å². The maximum Gasteiger partial charge on any atom is 0.0667 e. The minimum absolute atomic E-state index is 0.198. The van der Waals surface area contributed by atoms with Gasteiger partial charge in [-0.2, -0.15) is 0 Å². The summed E-state index contributed by atoms with van der Waals surface area (Å²) < 4.78 is 0. The van der Waals surface area contributed by atoms with Gasteiger partial charge in [0.15, 0.2) is 0 Å². The van der Waals surface area contributed by atoms with Crippen molar-refractivity contribution in [3.63, 3.8) is 0 Å². The highest BCUT2D eigenvalue weighted by Crippen LogP contribution is 2.20. The fourth-order valence-corrected chi connectivity index (χ4v) is 2.18. The van der Waals surface area contributed by atoms with Crippen LogP contribution in [0.1, 0.15) is 18.4 Å². The van der Waals surface area contributed by atoms with Crippen molar-refractivity contribution in [1.29, 1.82) is 0 Å². The molecule has 1 aliphatic rings. The van der Waals surface area contributed by atoms with Crippen LogP contribution in [-0.2, 0) is 6.54 Å². The molecule has 0 bridgehead atoms. The average Bonchev–Trinajstić information content (AvgIpc) is 2.24. The second-order valence-corrected chi connectivity index (χ2v) is 4.49. The summed E-state index contributed by atoms with van der Waals surface area (Å²) >= 11 is 0. The van der Waals surface area contributed by atoms with Gasteiger partial charge < -0.3 is 16.6 Å². The summed E-state index contributed by atoms with van der Waals surface area (Å²) in [6.07, 6.45) is 1.75. The Kier molecular flexibility index (Phi) is 3.31. The quantitative estimate of drug-likeness (QED) is 0.646. The van der Waals surface area contributed by atoms with E-state index in [0.29, 0.717) is 0 Å². The van der Waals surface area contributed by atoms with Crippen LogP contribution in [0.3, 0.4) is 0 Å². The van der Waals surface area contributed by atoms with E-state index in [0.717, 1.165) is 49.4 Å². The number of β-amino-alcohol motifs (C(OH)–C–C–N with tert-alkyl or cyclic N) is 1. The first-order valence-corrected chi connectivity index (χ1v) is 5.69. The minimum atomic E-state index is -0.198. The lowest BCUT2D eigenvalue weighted by atomic mass is 10.1. The predicted octanol–water partition coefficient (Wildman–Crippen LogP) is 0.808. The van der Waals surface area contributed by atoms with E-state index in [1.54, 1.807) is 0 Å². The van der Waals surface area contributed by atoms with E-state index < -0.39 is 0 Å². The first kappa shape index (κ1) is 11.2. The molecule has 0 amide bonds. The Morgan fingerprint density at radius 1 is 1.38 bits per heavy atom. The molecule has 5 N–H and O–H groups in total. The van der Waals surface area contributed by atoms with Gasteiger partial charge in [-0.25, -0.2) is 0 Å². The van der Waals surface area contributed by atoms with Crippen molar-refractivity contribution in [2.45, 2.75) is 25.5 Å². The van der Waals surface area contributed by atoms with Crippen LogP contribution in [0.4, 0.5) is 11.4 Å². The molecule has 4 nitrogen and oxygen atoms in total. The molecule has 1 atom stereocenters. The van der Waals surface area contributed by atoms with Crippen molar-refractivity contribution in [3.8, 4) is 0 Å². The second kappa shape index (κ2) is 4.72. The highest BCUT2D eigenvalue weighted by atomic mass is 16.3. The highest BCUT2D eigenvalue weighted by molar-refractivity contribution is 5.55. The SMILES string of the molecule is Nc1ccc(N)c(CN2CCCC(O)C2)c1. The van der Waals surface area contributed by atoms with Gasteiger partial charge in [0.1, 0.15) is 0 Å². The Morgan fingerprint density at radius 3 is 2.94 bits per heavy atom. The van der Waals surface area contributed by atoms with E-state index in [9.17, 15) is 5.11 Å². The number of hydrogen-bond acceptors (Lipinski definition) is 4. The van der Waals surface area contributed by atoms with Gasteiger partial charge in [-0.3, -0.25) is 4.90 Å². The van der Waals surface area contributed by atoms with Crippen LogP contribution in [0.5, 0.6) is 0 Å². The lowest BCUT2D eigenvalue weighted by Crippen LogP contribution is -2.37. The molecule has 0 radical (unpaired) electrons. The van der Waals surface area contributed by atoms with E-state index in [1.807, 2.05) is 18.2 Å². The summed E-state index contributed by atoms with van der Waals surface area (Å²) in [6, 6.07) is 5.56. The average molecular weight is 221 g/mol. The zero-order chi connectivity index (χ0) is 11.5. The van der Waals surface area contributed by atoms with E-state index in [4.69, 9.17) is 11.5 Å². The molecule has 88 valence electrons. The number of piperidine rings is 1.